The summed E-state index contributed by atoms with van der Waals surface area (Å²) in [5.41, 5.74) is -0.876. The number of sulfone groups is 1. The maximum absolute atomic E-state index is 14.1. The first-order valence-corrected chi connectivity index (χ1v) is 14.2. The van der Waals surface area contributed by atoms with Crippen molar-refractivity contribution in [1.29, 1.82) is 0 Å². The molecule has 0 spiro atoms. The van der Waals surface area contributed by atoms with E-state index in [-0.39, 0.29) is 42.4 Å². The molecule has 0 radical (unpaired) electrons. The van der Waals surface area contributed by atoms with E-state index in [9.17, 15) is 18.0 Å². The summed E-state index contributed by atoms with van der Waals surface area (Å²) < 4.78 is 38.5. The Kier molecular flexibility index (Phi) is 8.02. The summed E-state index contributed by atoms with van der Waals surface area (Å²) in [6.07, 6.45) is -0.934. The van der Waals surface area contributed by atoms with Crippen LogP contribution in [0.4, 0.5) is 16.2 Å². The fourth-order valence-electron chi connectivity index (χ4n) is 4.76. The van der Waals surface area contributed by atoms with Gasteiger partial charge in [-0.15, -0.1) is 0 Å². The number of nitrogens with one attached hydrogen (secondary N) is 2. The van der Waals surface area contributed by atoms with Crippen molar-refractivity contribution in [2.75, 3.05) is 37.5 Å². The van der Waals surface area contributed by atoms with Crippen LogP contribution in [0.2, 0.25) is 10.0 Å². The fraction of sp³-hybridized carbons (Fsp3) is 0.259. The van der Waals surface area contributed by atoms with Gasteiger partial charge in [-0.2, -0.15) is 0 Å². The normalized spacial score (nSPS) is 16.3. The summed E-state index contributed by atoms with van der Waals surface area (Å²) in [7, 11) is -1.78. The molecule has 1 heterocycles. The second-order valence-corrected chi connectivity index (χ2v) is 11.4. The first-order valence-electron chi connectivity index (χ1n) is 12.0. The molecule has 0 saturated carbocycles. The number of carbonyl (C=O) groups is 2. The third kappa shape index (κ3) is 4.77. The molecule has 1 aliphatic rings. The number of hydrogen-bond donors (Lipinski definition) is 2. The van der Waals surface area contributed by atoms with E-state index >= 15 is 0 Å². The summed E-state index contributed by atoms with van der Waals surface area (Å²) in [5.74, 6) is -0.610. The number of anilines is 2. The quantitative estimate of drug-likeness (QED) is 0.368. The summed E-state index contributed by atoms with van der Waals surface area (Å²) in [4.78, 5) is 27.8. The third-order valence-electron chi connectivity index (χ3n) is 6.66. The smallest absolute Gasteiger partial charge is 0.408 e. The van der Waals surface area contributed by atoms with E-state index in [1.807, 2.05) is 18.7 Å². The van der Waals surface area contributed by atoms with Crippen molar-refractivity contribution in [2.45, 2.75) is 29.2 Å². The number of alkyl carbamates (subject to hydrolysis) is 1. The zero-order valence-electron chi connectivity index (χ0n) is 21.7. The monoisotopic (exact) mass is 591 g/mol. The lowest BCUT2D eigenvalue weighted by Crippen LogP contribution is -2.51. The molecule has 3 aromatic rings. The van der Waals surface area contributed by atoms with Crippen LogP contribution in [-0.4, -0.2) is 47.7 Å². The lowest BCUT2D eigenvalue weighted by atomic mass is 9.84. The van der Waals surface area contributed by atoms with E-state index in [1.165, 1.54) is 25.3 Å². The van der Waals surface area contributed by atoms with Crippen LogP contribution in [0.1, 0.15) is 25.0 Å². The van der Waals surface area contributed by atoms with Crippen LogP contribution in [0.5, 0.6) is 5.75 Å². The van der Waals surface area contributed by atoms with Crippen molar-refractivity contribution >= 4 is 56.4 Å². The predicted octanol–water partition coefficient (Wildman–Crippen LogP) is 5.23. The Balaban J connectivity index is 1.98. The third-order valence-corrected chi connectivity index (χ3v) is 9.02. The first kappa shape index (κ1) is 28.5. The number of methoxy groups -OCH3 is 2. The number of ether oxygens (including phenoxy) is 2. The van der Waals surface area contributed by atoms with Gasteiger partial charge in [0.25, 0.3) is 5.91 Å². The molecule has 39 heavy (non-hydrogen) atoms. The molecule has 2 amide bonds. The van der Waals surface area contributed by atoms with Gasteiger partial charge in [-0.25, -0.2) is 13.2 Å². The van der Waals surface area contributed by atoms with Gasteiger partial charge < -0.3 is 19.7 Å². The number of hydrogen-bond acceptors (Lipinski definition) is 7. The van der Waals surface area contributed by atoms with Crippen LogP contribution in [0, 0.1) is 0 Å². The molecule has 1 atom stereocenters. The first-order chi connectivity index (χ1) is 18.5. The maximum Gasteiger partial charge on any atom is 0.408 e. The van der Waals surface area contributed by atoms with Crippen LogP contribution < -0.4 is 20.3 Å². The van der Waals surface area contributed by atoms with Crippen LogP contribution in [0.3, 0.4) is 0 Å². The Morgan fingerprint density at radius 1 is 1.00 bits per heavy atom. The van der Waals surface area contributed by atoms with Gasteiger partial charge in [0.15, 0.2) is 5.54 Å². The highest BCUT2D eigenvalue weighted by molar-refractivity contribution is 7.91. The Morgan fingerprint density at radius 2 is 1.69 bits per heavy atom. The van der Waals surface area contributed by atoms with Gasteiger partial charge in [0.1, 0.15) is 10.6 Å². The average Bonchev–Trinajstić information content (AvgIpc) is 3.19. The number of carbonyl (C=O) groups excluding carboxylic acids is 2. The summed E-state index contributed by atoms with van der Waals surface area (Å²) in [5, 5.41) is 5.39. The molecule has 0 fully saturated rings. The molecular weight excluding hydrogens is 565 g/mol. The average molecular weight is 593 g/mol. The number of fused-ring (bicyclic) bond motifs is 1. The standard InChI is InChI=1S/C27H27Cl2N3O6S/c1-5-32(6-2)17-11-12-22(21(15-17)37-3)39(35,36)23-14-16(28)13-19-24(23)30-25(33)27(19,31-26(34)38-4)18-9-7-8-10-20(18)29/h7-15H,5-6H2,1-4H3,(H,30,33)(H,31,34). The fourth-order valence-corrected chi connectivity index (χ4v) is 6.92. The minimum Gasteiger partial charge on any atom is -0.495 e. The lowest BCUT2D eigenvalue weighted by Gasteiger charge is -2.29. The van der Waals surface area contributed by atoms with Crippen molar-refractivity contribution < 1.29 is 27.5 Å². The largest absolute Gasteiger partial charge is 0.495 e. The van der Waals surface area contributed by atoms with Gasteiger partial charge in [0.05, 0.1) is 24.8 Å². The predicted molar refractivity (Wildman–Crippen MR) is 150 cm³/mol. The summed E-state index contributed by atoms with van der Waals surface area (Å²) in [6.45, 7) is 5.42. The van der Waals surface area contributed by atoms with Crippen LogP contribution in [-0.2, 0) is 24.9 Å². The maximum atomic E-state index is 14.1. The number of benzene rings is 3. The minimum atomic E-state index is -4.30. The molecule has 2 N–H and O–H groups in total. The number of amides is 2. The molecule has 206 valence electrons. The molecule has 1 unspecified atom stereocenters. The topological polar surface area (TPSA) is 114 Å². The van der Waals surface area contributed by atoms with Crippen molar-refractivity contribution in [3.63, 3.8) is 0 Å². The number of nitrogens with zero attached hydrogens (tertiary/aromatic N) is 1. The van der Waals surface area contributed by atoms with Crippen molar-refractivity contribution in [2.24, 2.45) is 0 Å². The highest BCUT2D eigenvalue weighted by Crippen LogP contribution is 2.48. The second-order valence-electron chi connectivity index (χ2n) is 8.64. The van der Waals surface area contributed by atoms with E-state index in [0.29, 0.717) is 0 Å². The zero-order chi connectivity index (χ0) is 28.5. The molecule has 0 bridgehead atoms. The highest BCUT2D eigenvalue weighted by atomic mass is 35.5. The van der Waals surface area contributed by atoms with Gasteiger partial charge in [-0.05, 0) is 44.2 Å². The van der Waals surface area contributed by atoms with Gasteiger partial charge in [0, 0.05) is 46.0 Å². The highest BCUT2D eigenvalue weighted by Gasteiger charge is 2.53. The number of rotatable bonds is 8. The Morgan fingerprint density at radius 3 is 2.31 bits per heavy atom. The van der Waals surface area contributed by atoms with Gasteiger partial charge in [-0.3, -0.25) is 10.1 Å². The zero-order valence-corrected chi connectivity index (χ0v) is 24.0. The Bertz CT molecular complexity index is 1560. The molecule has 9 nitrogen and oxygen atoms in total. The SMILES string of the molecule is CCN(CC)c1ccc(S(=O)(=O)c2cc(Cl)cc3c2NC(=O)C3(NC(=O)OC)c2ccccc2Cl)c(OC)c1. The molecule has 0 saturated heterocycles. The van der Waals surface area contributed by atoms with E-state index in [1.54, 1.807) is 36.4 Å². The van der Waals surface area contributed by atoms with E-state index < -0.39 is 27.4 Å². The van der Waals surface area contributed by atoms with E-state index in [2.05, 4.69) is 10.6 Å². The van der Waals surface area contributed by atoms with E-state index in [4.69, 9.17) is 32.7 Å². The van der Waals surface area contributed by atoms with Crippen LogP contribution in [0.25, 0.3) is 0 Å². The number of halogens is 2. The van der Waals surface area contributed by atoms with Gasteiger partial charge in [0.2, 0.25) is 9.84 Å². The van der Waals surface area contributed by atoms with Gasteiger partial charge in [-0.1, -0.05) is 41.4 Å². The van der Waals surface area contributed by atoms with E-state index in [0.717, 1.165) is 25.9 Å². The molecule has 1 aliphatic heterocycles. The van der Waals surface area contributed by atoms with Gasteiger partial charge >= 0.3 is 6.09 Å². The Hall–Kier alpha value is -3.47. The lowest BCUT2D eigenvalue weighted by molar-refractivity contribution is -0.120. The van der Waals surface area contributed by atoms with Crippen molar-refractivity contribution in [1.82, 2.24) is 5.32 Å². The van der Waals surface area contributed by atoms with Crippen molar-refractivity contribution in [3.05, 3.63) is 75.8 Å². The minimum absolute atomic E-state index is 0.0191. The Labute approximate surface area is 236 Å². The van der Waals surface area contributed by atoms with Crippen LogP contribution in [0.15, 0.2) is 64.4 Å². The van der Waals surface area contributed by atoms with Crippen molar-refractivity contribution in [3.8, 4) is 5.75 Å². The summed E-state index contributed by atoms with van der Waals surface area (Å²) >= 11 is 12.9. The molecule has 0 aromatic heterocycles. The molecule has 3 aromatic carbocycles. The molecule has 0 aliphatic carbocycles. The summed E-state index contributed by atoms with van der Waals surface area (Å²) in [6, 6.07) is 13.9. The molecule has 12 heteroatoms. The second kappa shape index (κ2) is 11.0. The van der Waals surface area contributed by atoms with Crippen LogP contribution >= 0.6 is 23.2 Å². The molecule has 4 rings (SSSR count). The molecular formula is C27H27Cl2N3O6S.